The van der Waals surface area contributed by atoms with Crippen LogP contribution in [-0.2, 0) is 0 Å². The molecule has 0 aromatic rings. The Hall–Kier alpha value is -0.0400. The van der Waals surface area contributed by atoms with Crippen LogP contribution in [0.2, 0.25) is 0 Å². The highest BCUT2D eigenvalue weighted by Crippen LogP contribution is 2.36. The summed E-state index contributed by atoms with van der Waals surface area (Å²) in [5.41, 5.74) is 5.99. The van der Waals surface area contributed by atoms with Gasteiger partial charge in [-0.1, -0.05) is 27.2 Å². The Morgan fingerprint density at radius 3 is 2.20 bits per heavy atom. The third kappa shape index (κ3) is 1.20. The molecule has 1 fully saturated rings. The van der Waals surface area contributed by atoms with E-state index in [1.807, 2.05) is 0 Å². The molecule has 1 saturated carbocycles. The van der Waals surface area contributed by atoms with E-state index in [4.69, 9.17) is 5.73 Å². The van der Waals surface area contributed by atoms with Crippen molar-refractivity contribution in [3.8, 4) is 0 Å². The van der Waals surface area contributed by atoms with Crippen molar-refractivity contribution in [2.24, 2.45) is 23.5 Å². The molecule has 0 aromatic heterocycles. The molecule has 0 aliphatic heterocycles. The summed E-state index contributed by atoms with van der Waals surface area (Å²) >= 11 is 0. The summed E-state index contributed by atoms with van der Waals surface area (Å²) in [5, 5.41) is 0. The Kier molecular flexibility index (Phi) is 2.35. The first kappa shape index (κ1) is 8.06. The Labute approximate surface area is 64.0 Å². The van der Waals surface area contributed by atoms with Gasteiger partial charge in [-0.2, -0.15) is 0 Å². The standard InChI is InChI=1S/C9H19N/c1-4-8-5-6(2)9(10)7(8)3/h6-9H,4-5,10H2,1-3H3. The molecule has 60 valence electrons. The highest BCUT2D eigenvalue weighted by Gasteiger charge is 2.34. The molecule has 4 unspecified atom stereocenters. The van der Waals surface area contributed by atoms with Gasteiger partial charge in [0.15, 0.2) is 0 Å². The van der Waals surface area contributed by atoms with Crippen LogP contribution in [0.4, 0.5) is 0 Å². The highest BCUT2D eigenvalue weighted by molar-refractivity contribution is 4.88. The van der Waals surface area contributed by atoms with Gasteiger partial charge in [-0.25, -0.2) is 0 Å². The SMILES string of the molecule is CCC1CC(C)C(N)C1C. The van der Waals surface area contributed by atoms with Gasteiger partial charge in [-0.05, 0) is 24.2 Å². The maximum absolute atomic E-state index is 5.99. The molecular formula is C9H19N. The fraction of sp³-hybridized carbons (Fsp3) is 1.00. The molecule has 4 atom stereocenters. The van der Waals surface area contributed by atoms with Crippen molar-refractivity contribution >= 4 is 0 Å². The van der Waals surface area contributed by atoms with E-state index in [1.54, 1.807) is 0 Å². The Morgan fingerprint density at radius 1 is 1.40 bits per heavy atom. The molecule has 1 rings (SSSR count). The molecule has 1 nitrogen and oxygen atoms in total. The summed E-state index contributed by atoms with van der Waals surface area (Å²) in [6.45, 7) is 6.84. The van der Waals surface area contributed by atoms with Crippen LogP contribution < -0.4 is 5.73 Å². The van der Waals surface area contributed by atoms with Gasteiger partial charge in [0.05, 0.1) is 0 Å². The highest BCUT2D eigenvalue weighted by atomic mass is 14.7. The first-order chi connectivity index (χ1) is 4.66. The van der Waals surface area contributed by atoms with Gasteiger partial charge in [0.1, 0.15) is 0 Å². The lowest BCUT2D eigenvalue weighted by atomic mass is 9.94. The van der Waals surface area contributed by atoms with E-state index in [2.05, 4.69) is 20.8 Å². The van der Waals surface area contributed by atoms with Crippen molar-refractivity contribution in [3.63, 3.8) is 0 Å². The largest absolute Gasteiger partial charge is 0.327 e. The molecule has 1 heteroatoms. The molecule has 0 radical (unpaired) electrons. The van der Waals surface area contributed by atoms with Gasteiger partial charge in [0, 0.05) is 6.04 Å². The van der Waals surface area contributed by atoms with Crippen molar-refractivity contribution in [1.29, 1.82) is 0 Å². The monoisotopic (exact) mass is 141 g/mol. The van der Waals surface area contributed by atoms with E-state index in [-0.39, 0.29) is 0 Å². The van der Waals surface area contributed by atoms with E-state index in [0.29, 0.717) is 6.04 Å². The van der Waals surface area contributed by atoms with Crippen LogP contribution in [0.3, 0.4) is 0 Å². The topological polar surface area (TPSA) is 26.0 Å². The van der Waals surface area contributed by atoms with Crippen LogP contribution in [0.1, 0.15) is 33.6 Å². The minimum atomic E-state index is 0.463. The summed E-state index contributed by atoms with van der Waals surface area (Å²) in [6.07, 6.45) is 2.65. The maximum Gasteiger partial charge on any atom is 0.00931 e. The van der Waals surface area contributed by atoms with Gasteiger partial charge < -0.3 is 5.73 Å². The summed E-state index contributed by atoms with van der Waals surface area (Å²) < 4.78 is 0. The first-order valence-corrected chi connectivity index (χ1v) is 4.42. The molecule has 1 aliphatic rings. The van der Waals surface area contributed by atoms with Gasteiger partial charge in [0.25, 0.3) is 0 Å². The molecule has 2 N–H and O–H groups in total. The molecule has 10 heavy (non-hydrogen) atoms. The van der Waals surface area contributed by atoms with Crippen LogP contribution in [0.25, 0.3) is 0 Å². The molecule has 0 heterocycles. The second-order valence-electron chi connectivity index (χ2n) is 3.82. The Balaban J connectivity index is 2.53. The lowest BCUT2D eigenvalue weighted by molar-refractivity contribution is 0.380. The lowest BCUT2D eigenvalue weighted by Gasteiger charge is -2.16. The van der Waals surface area contributed by atoms with Gasteiger partial charge in [-0.15, -0.1) is 0 Å². The third-order valence-electron chi connectivity index (χ3n) is 3.21. The quantitative estimate of drug-likeness (QED) is 0.594. The number of rotatable bonds is 1. The fourth-order valence-corrected chi connectivity index (χ4v) is 2.22. The summed E-state index contributed by atoms with van der Waals surface area (Å²) in [4.78, 5) is 0. The van der Waals surface area contributed by atoms with Crippen LogP contribution in [0.5, 0.6) is 0 Å². The van der Waals surface area contributed by atoms with Gasteiger partial charge >= 0.3 is 0 Å². The van der Waals surface area contributed by atoms with E-state index in [1.165, 1.54) is 12.8 Å². The smallest absolute Gasteiger partial charge is 0.00931 e. The van der Waals surface area contributed by atoms with E-state index >= 15 is 0 Å². The van der Waals surface area contributed by atoms with Crippen LogP contribution in [0, 0.1) is 17.8 Å². The van der Waals surface area contributed by atoms with E-state index < -0.39 is 0 Å². The molecular weight excluding hydrogens is 122 g/mol. The normalized spacial score (nSPS) is 48.0. The fourth-order valence-electron chi connectivity index (χ4n) is 2.22. The first-order valence-electron chi connectivity index (χ1n) is 4.42. The van der Waals surface area contributed by atoms with Crippen molar-refractivity contribution < 1.29 is 0 Å². The Bertz CT molecular complexity index is 111. The van der Waals surface area contributed by atoms with Crippen molar-refractivity contribution in [2.45, 2.75) is 39.7 Å². The predicted molar refractivity (Wildman–Crippen MR) is 44.7 cm³/mol. The lowest BCUT2D eigenvalue weighted by Crippen LogP contribution is -2.29. The molecule has 0 aromatic carbocycles. The van der Waals surface area contributed by atoms with Crippen LogP contribution in [0.15, 0.2) is 0 Å². The van der Waals surface area contributed by atoms with Crippen molar-refractivity contribution in [3.05, 3.63) is 0 Å². The summed E-state index contributed by atoms with van der Waals surface area (Å²) in [6, 6.07) is 0.463. The zero-order valence-electron chi connectivity index (χ0n) is 7.30. The van der Waals surface area contributed by atoms with Crippen molar-refractivity contribution in [1.82, 2.24) is 0 Å². The second kappa shape index (κ2) is 2.91. The van der Waals surface area contributed by atoms with E-state index in [9.17, 15) is 0 Å². The minimum Gasteiger partial charge on any atom is -0.327 e. The van der Waals surface area contributed by atoms with Crippen molar-refractivity contribution in [2.75, 3.05) is 0 Å². The van der Waals surface area contributed by atoms with Gasteiger partial charge in [0.2, 0.25) is 0 Å². The molecule has 0 saturated heterocycles. The maximum atomic E-state index is 5.99. The molecule has 0 amide bonds. The minimum absolute atomic E-state index is 0.463. The number of hydrogen-bond donors (Lipinski definition) is 1. The number of hydrogen-bond acceptors (Lipinski definition) is 1. The molecule has 0 spiro atoms. The van der Waals surface area contributed by atoms with Gasteiger partial charge in [-0.3, -0.25) is 0 Å². The predicted octanol–water partition coefficient (Wildman–Crippen LogP) is 2.02. The Morgan fingerprint density at radius 2 is 2.00 bits per heavy atom. The number of nitrogens with two attached hydrogens (primary N) is 1. The van der Waals surface area contributed by atoms with E-state index in [0.717, 1.165) is 17.8 Å². The zero-order chi connectivity index (χ0) is 7.72. The average molecular weight is 141 g/mol. The molecule has 0 bridgehead atoms. The average Bonchev–Trinajstić information content (AvgIpc) is 2.17. The summed E-state index contributed by atoms with van der Waals surface area (Å²) in [5.74, 6) is 2.39. The summed E-state index contributed by atoms with van der Waals surface area (Å²) in [7, 11) is 0. The van der Waals surface area contributed by atoms with Crippen LogP contribution >= 0.6 is 0 Å². The third-order valence-corrected chi connectivity index (χ3v) is 3.21. The zero-order valence-corrected chi connectivity index (χ0v) is 7.30. The molecule has 1 aliphatic carbocycles. The van der Waals surface area contributed by atoms with Crippen LogP contribution in [-0.4, -0.2) is 6.04 Å². The second-order valence-corrected chi connectivity index (χ2v) is 3.82.